The fourth-order valence-corrected chi connectivity index (χ4v) is 1.57. The van der Waals surface area contributed by atoms with Gasteiger partial charge in [-0.3, -0.25) is 4.79 Å². The lowest BCUT2D eigenvalue weighted by molar-refractivity contribution is -0.138. The second-order valence-electron chi connectivity index (χ2n) is 4.14. The van der Waals surface area contributed by atoms with Crippen molar-refractivity contribution in [1.82, 2.24) is 0 Å². The van der Waals surface area contributed by atoms with Crippen LogP contribution in [0.2, 0.25) is 0 Å². The number of rotatable bonds is 4. The molecule has 4 nitrogen and oxygen atoms in total. The molecule has 88 valence electrons. The van der Waals surface area contributed by atoms with E-state index in [1.807, 2.05) is 13.8 Å². The average Bonchev–Trinajstić information content (AvgIpc) is 2.17. The van der Waals surface area contributed by atoms with Gasteiger partial charge in [0.1, 0.15) is 5.75 Å². The standard InChI is InChI=1S/C12H17NO3/c1-7(2)8-3-9(5-10(14)4-8)11(6-13)12(15)16/h3-5,7,11,14H,6,13H2,1-2H3,(H,15,16). The van der Waals surface area contributed by atoms with Crippen molar-refractivity contribution in [2.75, 3.05) is 6.54 Å². The van der Waals surface area contributed by atoms with Crippen LogP contribution in [-0.4, -0.2) is 22.7 Å². The number of carboxylic acids is 1. The van der Waals surface area contributed by atoms with Crippen molar-refractivity contribution in [3.05, 3.63) is 29.3 Å². The van der Waals surface area contributed by atoms with Crippen LogP contribution in [0.5, 0.6) is 5.75 Å². The summed E-state index contributed by atoms with van der Waals surface area (Å²) in [5.74, 6) is -1.41. The molecule has 1 unspecified atom stereocenters. The van der Waals surface area contributed by atoms with E-state index in [4.69, 9.17) is 10.8 Å². The van der Waals surface area contributed by atoms with Gasteiger partial charge in [0.05, 0.1) is 5.92 Å². The molecular formula is C12H17NO3. The van der Waals surface area contributed by atoms with E-state index >= 15 is 0 Å². The number of benzene rings is 1. The number of carboxylic acid groups (broad SMARTS) is 1. The van der Waals surface area contributed by atoms with Crippen LogP contribution in [0.4, 0.5) is 0 Å². The zero-order valence-corrected chi connectivity index (χ0v) is 9.47. The van der Waals surface area contributed by atoms with Crippen LogP contribution in [0.15, 0.2) is 18.2 Å². The predicted octanol–water partition coefficient (Wildman–Crippen LogP) is 1.64. The normalized spacial score (nSPS) is 12.8. The highest BCUT2D eigenvalue weighted by Gasteiger charge is 2.19. The third-order valence-electron chi connectivity index (χ3n) is 2.57. The summed E-state index contributed by atoms with van der Waals surface area (Å²) in [6.07, 6.45) is 0. The minimum atomic E-state index is -0.970. The molecule has 0 fully saturated rings. The van der Waals surface area contributed by atoms with E-state index in [0.717, 1.165) is 5.56 Å². The lowest BCUT2D eigenvalue weighted by Crippen LogP contribution is -2.21. The average molecular weight is 223 g/mol. The molecule has 4 heteroatoms. The highest BCUT2D eigenvalue weighted by molar-refractivity contribution is 5.76. The Morgan fingerprint density at radius 2 is 1.88 bits per heavy atom. The van der Waals surface area contributed by atoms with Crippen molar-refractivity contribution >= 4 is 5.97 Å². The molecule has 0 aliphatic carbocycles. The van der Waals surface area contributed by atoms with Gasteiger partial charge in [-0.05, 0) is 29.2 Å². The number of phenols is 1. The second-order valence-corrected chi connectivity index (χ2v) is 4.14. The van der Waals surface area contributed by atoms with Crippen LogP contribution in [0.25, 0.3) is 0 Å². The van der Waals surface area contributed by atoms with Crippen LogP contribution >= 0.6 is 0 Å². The van der Waals surface area contributed by atoms with Gasteiger partial charge in [-0.1, -0.05) is 19.9 Å². The Morgan fingerprint density at radius 3 is 2.31 bits per heavy atom. The first-order valence-corrected chi connectivity index (χ1v) is 5.22. The zero-order chi connectivity index (χ0) is 12.3. The van der Waals surface area contributed by atoms with E-state index in [2.05, 4.69) is 0 Å². The number of hydrogen-bond acceptors (Lipinski definition) is 3. The van der Waals surface area contributed by atoms with Crippen LogP contribution in [0.3, 0.4) is 0 Å². The van der Waals surface area contributed by atoms with E-state index in [1.54, 1.807) is 12.1 Å². The van der Waals surface area contributed by atoms with Crippen LogP contribution in [-0.2, 0) is 4.79 Å². The lowest BCUT2D eigenvalue weighted by atomic mass is 9.93. The molecule has 0 radical (unpaired) electrons. The van der Waals surface area contributed by atoms with Crippen LogP contribution < -0.4 is 5.73 Å². The molecule has 1 aromatic rings. The molecule has 16 heavy (non-hydrogen) atoms. The number of aromatic hydroxyl groups is 1. The van der Waals surface area contributed by atoms with Crippen molar-refractivity contribution in [3.8, 4) is 5.75 Å². The SMILES string of the molecule is CC(C)c1cc(O)cc(C(CN)C(=O)O)c1. The molecule has 0 saturated carbocycles. The van der Waals surface area contributed by atoms with Gasteiger partial charge in [0.15, 0.2) is 0 Å². The number of hydrogen-bond donors (Lipinski definition) is 3. The number of carbonyl (C=O) groups is 1. The predicted molar refractivity (Wildman–Crippen MR) is 61.6 cm³/mol. The molecule has 1 rings (SSSR count). The summed E-state index contributed by atoms with van der Waals surface area (Å²) in [5.41, 5.74) is 6.89. The number of aliphatic carboxylic acids is 1. The maximum atomic E-state index is 11.0. The van der Waals surface area contributed by atoms with E-state index in [9.17, 15) is 9.90 Å². The Labute approximate surface area is 94.7 Å². The highest BCUT2D eigenvalue weighted by atomic mass is 16.4. The number of phenolic OH excluding ortho intramolecular Hbond substituents is 1. The molecule has 1 aromatic carbocycles. The maximum absolute atomic E-state index is 11.0. The van der Waals surface area contributed by atoms with Gasteiger partial charge < -0.3 is 15.9 Å². The fourth-order valence-electron chi connectivity index (χ4n) is 1.57. The number of nitrogens with two attached hydrogens (primary N) is 1. The Bertz CT molecular complexity index is 388. The maximum Gasteiger partial charge on any atom is 0.312 e. The second kappa shape index (κ2) is 4.99. The van der Waals surface area contributed by atoms with Gasteiger partial charge in [0.2, 0.25) is 0 Å². The Balaban J connectivity index is 3.17. The van der Waals surface area contributed by atoms with Crippen LogP contribution in [0.1, 0.15) is 36.8 Å². The topological polar surface area (TPSA) is 83.5 Å². The van der Waals surface area contributed by atoms with Gasteiger partial charge in [-0.2, -0.15) is 0 Å². The van der Waals surface area contributed by atoms with E-state index < -0.39 is 11.9 Å². The van der Waals surface area contributed by atoms with Crippen molar-refractivity contribution in [1.29, 1.82) is 0 Å². The van der Waals surface area contributed by atoms with Gasteiger partial charge in [0, 0.05) is 6.54 Å². The smallest absolute Gasteiger partial charge is 0.312 e. The molecule has 4 N–H and O–H groups in total. The Morgan fingerprint density at radius 1 is 1.31 bits per heavy atom. The molecule has 0 spiro atoms. The first kappa shape index (κ1) is 12.5. The minimum absolute atomic E-state index is 0.0241. The van der Waals surface area contributed by atoms with Crippen molar-refractivity contribution in [3.63, 3.8) is 0 Å². The molecule has 0 amide bonds. The summed E-state index contributed by atoms with van der Waals surface area (Å²) < 4.78 is 0. The largest absolute Gasteiger partial charge is 0.508 e. The monoisotopic (exact) mass is 223 g/mol. The van der Waals surface area contributed by atoms with E-state index in [0.29, 0.717) is 5.56 Å². The third kappa shape index (κ3) is 2.73. The molecule has 0 aromatic heterocycles. The van der Waals surface area contributed by atoms with Crippen molar-refractivity contribution in [2.24, 2.45) is 5.73 Å². The summed E-state index contributed by atoms with van der Waals surface area (Å²) in [6.45, 7) is 3.99. The summed E-state index contributed by atoms with van der Waals surface area (Å²) in [7, 11) is 0. The molecular weight excluding hydrogens is 206 g/mol. The van der Waals surface area contributed by atoms with Gasteiger partial charge in [0.25, 0.3) is 0 Å². The first-order chi connectivity index (χ1) is 7.45. The van der Waals surface area contributed by atoms with Gasteiger partial charge in [-0.25, -0.2) is 0 Å². The summed E-state index contributed by atoms with van der Waals surface area (Å²) in [5, 5.41) is 18.5. The molecule has 1 atom stereocenters. The fraction of sp³-hybridized carbons (Fsp3) is 0.417. The Kier molecular flexibility index (Phi) is 3.90. The minimum Gasteiger partial charge on any atom is -0.508 e. The summed E-state index contributed by atoms with van der Waals surface area (Å²) in [6, 6.07) is 4.89. The summed E-state index contributed by atoms with van der Waals surface area (Å²) >= 11 is 0. The van der Waals surface area contributed by atoms with Crippen molar-refractivity contribution < 1.29 is 15.0 Å². The summed E-state index contributed by atoms with van der Waals surface area (Å²) in [4.78, 5) is 11.0. The third-order valence-corrected chi connectivity index (χ3v) is 2.57. The van der Waals surface area contributed by atoms with Gasteiger partial charge in [-0.15, -0.1) is 0 Å². The molecule has 0 aliphatic heterocycles. The lowest BCUT2D eigenvalue weighted by Gasteiger charge is -2.14. The highest BCUT2D eigenvalue weighted by Crippen LogP contribution is 2.26. The molecule has 0 bridgehead atoms. The first-order valence-electron chi connectivity index (χ1n) is 5.22. The quantitative estimate of drug-likeness (QED) is 0.724. The Hall–Kier alpha value is -1.55. The van der Waals surface area contributed by atoms with Crippen LogP contribution in [0, 0.1) is 0 Å². The van der Waals surface area contributed by atoms with Crippen molar-refractivity contribution in [2.45, 2.75) is 25.7 Å². The van der Waals surface area contributed by atoms with Gasteiger partial charge >= 0.3 is 5.97 Å². The zero-order valence-electron chi connectivity index (χ0n) is 9.47. The molecule has 0 saturated heterocycles. The van der Waals surface area contributed by atoms with E-state index in [1.165, 1.54) is 6.07 Å². The molecule has 0 aliphatic rings. The molecule has 0 heterocycles. The van der Waals surface area contributed by atoms with E-state index in [-0.39, 0.29) is 18.2 Å².